The molecule has 1 aliphatic rings. The maximum Gasteiger partial charge on any atom is 0.339 e. The molecule has 0 bridgehead atoms. The zero-order valence-electron chi connectivity index (χ0n) is 20.4. The second-order valence-electron chi connectivity index (χ2n) is 10.3. The quantitative estimate of drug-likeness (QED) is 0.330. The predicted octanol–water partition coefficient (Wildman–Crippen LogP) is 4.94. The monoisotopic (exact) mass is 461 g/mol. The van der Waals surface area contributed by atoms with Crippen LogP contribution in [0.2, 0.25) is 0 Å². The fourth-order valence-electron chi connectivity index (χ4n) is 4.35. The van der Waals surface area contributed by atoms with Crippen LogP contribution in [0.5, 0.6) is 5.75 Å². The van der Waals surface area contributed by atoms with Crippen LogP contribution in [0.3, 0.4) is 0 Å². The maximum atomic E-state index is 13.0. The van der Waals surface area contributed by atoms with Crippen molar-refractivity contribution in [3.63, 3.8) is 0 Å². The lowest BCUT2D eigenvalue weighted by Gasteiger charge is -2.22. The average Bonchev–Trinajstić information content (AvgIpc) is 3.27. The van der Waals surface area contributed by atoms with Gasteiger partial charge in [-0.3, -0.25) is 4.79 Å². The van der Waals surface area contributed by atoms with Crippen molar-refractivity contribution in [3.8, 4) is 5.75 Å². The molecule has 0 unspecified atom stereocenters. The Labute approximate surface area is 199 Å². The lowest BCUT2D eigenvalue weighted by molar-refractivity contribution is -0.137. The van der Waals surface area contributed by atoms with Gasteiger partial charge in [0.25, 0.3) is 5.91 Å². The molecule has 0 radical (unpaired) electrons. The zero-order valence-corrected chi connectivity index (χ0v) is 20.4. The summed E-state index contributed by atoms with van der Waals surface area (Å²) in [6.45, 7) is 10.0. The molecule has 1 heterocycles. The second kappa shape index (κ2) is 9.09. The van der Waals surface area contributed by atoms with Crippen molar-refractivity contribution in [2.75, 3.05) is 0 Å². The number of carbonyl (C=O) groups excluding carboxylic acids is 2. The SMILES string of the molecule is CC(C)[C@H](NC(=O)c1ccc(C(C)(C)C)cc1)C(=O)Oc1ccc2c3c(c(=O)oc2c1)CCC3. The molecule has 0 fully saturated rings. The molecule has 1 N–H and O–H groups in total. The highest BCUT2D eigenvalue weighted by Crippen LogP contribution is 2.30. The number of hydrogen-bond donors (Lipinski definition) is 1. The van der Waals surface area contributed by atoms with Crippen LogP contribution in [0.15, 0.2) is 51.7 Å². The van der Waals surface area contributed by atoms with E-state index >= 15 is 0 Å². The largest absolute Gasteiger partial charge is 0.425 e. The number of benzene rings is 2. The maximum absolute atomic E-state index is 13.0. The molecular formula is C28H31NO5. The summed E-state index contributed by atoms with van der Waals surface area (Å²) < 4.78 is 11.1. The zero-order chi connectivity index (χ0) is 24.6. The third-order valence-electron chi connectivity index (χ3n) is 6.38. The van der Waals surface area contributed by atoms with Gasteiger partial charge in [0.2, 0.25) is 0 Å². The van der Waals surface area contributed by atoms with E-state index in [9.17, 15) is 14.4 Å². The van der Waals surface area contributed by atoms with Crippen molar-refractivity contribution >= 4 is 22.8 Å². The average molecular weight is 462 g/mol. The highest BCUT2D eigenvalue weighted by atomic mass is 16.5. The number of amides is 1. The van der Waals surface area contributed by atoms with Crippen molar-refractivity contribution < 1.29 is 18.7 Å². The lowest BCUT2D eigenvalue weighted by atomic mass is 9.86. The standard InChI is InChI=1S/C28H31NO5/c1-16(2)24(29-25(30)17-9-11-18(12-10-17)28(3,4)5)27(32)33-19-13-14-21-20-7-6-8-22(20)26(31)34-23(21)15-19/h9-16,24H,6-8H2,1-5H3,(H,29,30)/t24-/m0/s1. The van der Waals surface area contributed by atoms with Crippen molar-refractivity contribution in [2.24, 2.45) is 5.92 Å². The van der Waals surface area contributed by atoms with Crippen LogP contribution in [-0.2, 0) is 23.1 Å². The second-order valence-corrected chi connectivity index (χ2v) is 10.3. The van der Waals surface area contributed by atoms with E-state index in [-0.39, 0.29) is 28.6 Å². The van der Waals surface area contributed by atoms with Crippen LogP contribution < -0.4 is 15.7 Å². The third-order valence-corrected chi connectivity index (χ3v) is 6.38. The van der Waals surface area contributed by atoms with Gasteiger partial charge in [0.1, 0.15) is 17.4 Å². The summed E-state index contributed by atoms with van der Waals surface area (Å²) >= 11 is 0. The van der Waals surface area contributed by atoms with Crippen LogP contribution in [0.1, 0.15) is 68.1 Å². The molecule has 1 atom stereocenters. The highest BCUT2D eigenvalue weighted by Gasteiger charge is 2.27. The van der Waals surface area contributed by atoms with Crippen molar-refractivity contribution in [3.05, 3.63) is 75.1 Å². The molecule has 6 heteroatoms. The van der Waals surface area contributed by atoms with E-state index in [1.165, 1.54) is 0 Å². The number of esters is 1. The fourth-order valence-corrected chi connectivity index (χ4v) is 4.35. The number of hydrogen-bond acceptors (Lipinski definition) is 5. The molecule has 2 aromatic carbocycles. The van der Waals surface area contributed by atoms with Gasteiger partial charge >= 0.3 is 11.6 Å². The van der Waals surface area contributed by atoms with E-state index in [1.807, 2.05) is 32.0 Å². The molecule has 1 aliphatic carbocycles. The molecule has 0 spiro atoms. The van der Waals surface area contributed by atoms with Gasteiger partial charge < -0.3 is 14.5 Å². The van der Waals surface area contributed by atoms with Crippen molar-refractivity contribution in [1.29, 1.82) is 0 Å². The van der Waals surface area contributed by atoms with Crippen LogP contribution in [-0.4, -0.2) is 17.9 Å². The van der Waals surface area contributed by atoms with Gasteiger partial charge in [-0.05, 0) is 66.0 Å². The highest BCUT2D eigenvalue weighted by molar-refractivity contribution is 5.97. The Morgan fingerprint density at radius 3 is 2.32 bits per heavy atom. The van der Waals surface area contributed by atoms with Crippen LogP contribution in [0.4, 0.5) is 0 Å². The van der Waals surface area contributed by atoms with Gasteiger partial charge in [-0.1, -0.05) is 46.8 Å². The van der Waals surface area contributed by atoms with Gasteiger partial charge in [0.05, 0.1) is 0 Å². The minimum absolute atomic E-state index is 0.0155. The Kier molecular flexibility index (Phi) is 6.34. The Bertz CT molecular complexity index is 1300. The molecule has 0 saturated heterocycles. The summed E-state index contributed by atoms with van der Waals surface area (Å²) in [5, 5.41) is 3.68. The molecular weight excluding hydrogens is 430 g/mol. The minimum Gasteiger partial charge on any atom is -0.425 e. The summed E-state index contributed by atoms with van der Waals surface area (Å²) in [6.07, 6.45) is 2.51. The molecule has 178 valence electrons. The smallest absolute Gasteiger partial charge is 0.339 e. The van der Waals surface area contributed by atoms with Crippen molar-refractivity contribution in [2.45, 2.75) is 65.3 Å². The molecule has 1 aromatic heterocycles. The summed E-state index contributed by atoms with van der Waals surface area (Å²) in [5.74, 6) is -0.825. The first-order valence-electron chi connectivity index (χ1n) is 11.8. The number of aryl methyl sites for hydroxylation is 1. The minimum atomic E-state index is -0.836. The Morgan fingerprint density at radius 2 is 1.68 bits per heavy atom. The first-order chi connectivity index (χ1) is 16.0. The molecule has 4 rings (SSSR count). The number of fused-ring (bicyclic) bond motifs is 3. The van der Waals surface area contributed by atoms with Gasteiger partial charge in [0.15, 0.2) is 0 Å². The first kappa shape index (κ1) is 23.7. The lowest BCUT2D eigenvalue weighted by Crippen LogP contribution is -2.46. The molecule has 6 nitrogen and oxygen atoms in total. The number of rotatable bonds is 5. The van der Waals surface area contributed by atoms with E-state index in [0.717, 1.165) is 41.3 Å². The van der Waals surface area contributed by atoms with Crippen LogP contribution in [0, 0.1) is 5.92 Å². The molecule has 1 amide bonds. The first-order valence-corrected chi connectivity index (χ1v) is 11.8. The predicted molar refractivity (Wildman–Crippen MR) is 131 cm³/mol. The van der Waals surface area contributed by atoms with E-state index in [0.29, 0.717) is 11.1 Å². The van der Waals surface area contributed by atoms with Crippen LogP contribution in [0.25, 0.3) is 11.0 Å². The molecule has 3 aromatic rings. The van der Waals surface area contributed by atoms with Gasteiger partial charge in [-0.15, -0.1) is 0 Å². The molecule has 0 aliphatic heterocycles. The van der Waals surface area contributed by atoms with Crippen LogP contribution >= 0.6 is 0 Å². The van der Waals surface area contributed by atoms with Gasteiger partial charge in [-0.25, -0.2) is 9.59 Å². The Balaban J connectivity index is 1.51. The summed E-state index contributed by atoms with van der Waals surface area (Å²) in [6, 6.07) is 11.6. The molecule has 0 saturated carbocycles. The topological polar surface area (TPSA) is 85.6 Å². The third kappa shape index (κ3) is 4.76. The van der Waals surface area contributed by atoms with E-state index in [1.54, 1.807) is 24.3 Å². The number of ether oxygens (including phenoxy) is 1. The normalized spacial score (nSPS) is 14.2. The summed E-state index contributed by atoms with van der Waals surface area (Å²) in [7, 11) is 0. The van der Waals surface area contributed by atoms with E-state index in [2.05, 4.69) is 26.1 Å². The Hall–Kier alpha value is -3.41. The molecule has 34 heavy (non-hydrogen) atoms. The summed E-state index contributed by atoms with van der Waals surface area (Å²) in [5.41, 5.74) is 3.43. The number of nitrogens with one attached hydrogen (secondary N) is 1. The summed E-state index contributed by atoms with van der Waals surface area (Å²) in [4.78, 5) is 38.1. The van der Waals surface area contributed by atoms with Crippen molar-refractivity contribution in [1.82, 2.24) is 5.32 Å². The fraction of sp³-hybridized carbons (Fsp3) is 0.393. The van der Waals surface area contributed by atoms with E-state index < -0.39 is 12.0 Å². The Morgan fingerprint density at radius 1 is 1.00 bits per heavy atom. The van der Waals surface area contributed by atoms with Gasteiger partial charge in [-0.2, -0.15) is 0 Å². The van der Waals surface area contributed by atoms with Gasteiger partial charge in [0, 0.05) is 22.6 Å². The van der Waals surface area contributed by atoms with E-state index in [4.69, 9.17) is 9.15 Å². The number of carbonyl (C=O) groups is 2.